The molecule has 1 aromatic heterocycles. The molecule has 0 spiro atoms. The molecule has 0 radical (unpaired) electrons. The SMILES string of the molecule is O=C(N=S=c1cc(-c2ccccc2)ss1)c1ccc(Cl)cc1Cl. The van der Waals surface area contributed by atoms with Crippen molar-refractivity contribution in [3.8, 4) is 10.4 Å². The molecule has 2 aromatic carbocycles. The summed E-state index contributed by atoms with van der Waals surface area (Å²) in [6.45, 7) is 0. The standard InChI is InChI=1S/C16H9Cl2NOS3/c17-11-6-7-12(13(18)8-11)16(20)19-21-15-9-14(22-23-15)10-4-2-1-3-5-10/h1-9H. The summed E-state index contributed by atoms with van der Waals surface area (Å²) in [4.78, 5) is 13.3. The molecule has 116 valence electrons. The van der Waals surface area contributed by atoms with E-state index in [2.05, 4.69) is 16.5 Å². The third-order valence-corrected chi connectivity index (χ3v) is 7.02. The maximum absolute atomic E-state index is 12.1. The zero-order valence-corrected chi connectivity index (χ0v) is 15.5. The van der Waals surface area contributed by atoms with E-state index >= 15 is 0 Å². The lowest BCUT2D eigenvalue weighted by Crippen LogP contribution is -1.94. The van der Waals surface area contributed by atoms with Gasteiger partial charge >= 0.3 is 0 Å². The van der Waals surface area contributed by atoms with Crippen molar-refractivity contribution in [3.63, 3.8) is 0 Å². The summed E-state index contributed by atoms with van der Waals surface area (Å²) >= 11 is 13.0. The number of carbonyl (C=O) groups excluding carboxylic acids is 1. The monoisotopic (exact) mass is 397 g/mol. The lowest BCUT2D eigenvalue weighted by molar-refractivity contribution is 0.101. The van der Waals surface area contributed by atoms with Crippen molar-refractivity contribution in [2.24, 2.45) is 4.36 Å². The Morgan fingerprint density at radius 3 is 2.52 bits per heavy atom. The normalized spacial score (nSPS) is 10.3. The van der Waals surface area contributed by atoms with Crippen LogP contribution in [0, 0.1) is 3.82 Å². The first-order chi connectivity index (χ1) is 11.1. The highest BCUT2D eigenvalue weighted by Crippen LogP contribution is 2.28. The molecule has 0 fully saturated rings. The lowest BCUT2D eigenvalue weighted by Gasteiger charge is -1.97. The van der Waals surface area contributed by atoms with Gasteiger partial charge in [0.15, 0.2) is 0 Å². The predicted molar refractivity (Wildman–Crippen MR) is 101 cm³/mol. The van der Waals surface area contributed by atoms with Crippen LogP contribution in [0.4, 0.5) is 0 Å². The first-order valence-electron chi connectivity index (χ1n) is 6.49. The Kier molecular flexibility index (Phi) is 5.46. The summed E-state index contributed by atoms with van der Waals surface area (Å²) in [5.74, 6) is -0.365. The molecule has 3 aromatic rings. The van der Waals surface area contributed by atoms with Crippen molar-refractivity contribution in [2.45, 2.75) is 0 Å². The Hall–Kier alpha value is -1.24. The Morgan fingerprint density at radius 1 is 1.00 bits per heavy atom. The number of hydrogen-bond acceptors (Lipinski definition) is 3. The van der Waals surface area contributed by atoms with Crippen LogP contribution < -0.4 is 0 Å². The van der Waals surface area contributed by atoms with Crippen LogP contribution in [0.1, 0.15) is 10.4 Å². The van der Waals surface area contributed by atoms with Gasteiger partial charge in [-0.15, -0.1) is 4.36 Å². The average molecular weight is 398 g/mol. The van der Waals surface area contributed by atoms with E-state index in [0.29, 0.717) is 15.6 Å². The second-order valence-electron chi connectivity index (χ2n) is 4.47. The van der Waals surface area contributed by atoms with Crippen LogP contribution in [0.25, 0.3) is 10.4 Å². The van der Waals surface area contributed by atoms with Gasteiger partial charge in [0.05, 0.1) is 10.6 Å². The molecule has 23 heavy (non-hydrogen) atoms. The third-order valence-electron chi connectivity index (χ3n) is 2.90. The fourth-order valence-electron chi connectivity index (χ4n) is 1.82. The summed E-state index contributed by atoms with van der Waals surface area (Å²) in [7, 11) is 3.25. The van der Waals surface area contributed by atoms with Gasteiger partial charge in [-0.1, -0.05) is 74.2 Å². The van der Waals surface area contributed by atoms with Crippen LogP contribution in [0.2, 0.25) is 10.0 Å². The molecular formula is C16H9Cl2NOS3. The van der Waals surface area contributed by atoms with Crippen molar-refractivity contribution < 1.29 is 4.79 Å². The maximum atomic E-state index is 12.1. The van der Waals surface area contributed by atoms with Crippen molar-refractivity contribution in [3.05, 3.63) is 74.0 Å². The molecular weight excluding hydrogens is 389 g/mol. The van der Waals surface area contributed by atoms with Crippen molar-refractivity contribution in [1.82, 2.24) is 0 Å². The van der Waals surface area contributed by atoms with Crippen LogP contribution in [-0.2, 0) is 11.1 Å². The minimum atomic E-state index is -0.365. The van der Waals surface area contributed by atoms with Crippen LogP contribution in [-0.4, -0.2) is 5.91 Å². The summed E-state index contributed by atoms with van der Waals surface area (Å²) in [6, 6.07) is 16.9. The van der Waals surface area contributed by atoms with E-state index in [1.807, 2.05) is 24.3 Å². The van der Waals surface area contributed by atoms with Gasteiger partial charge in [-0.05, 0) is 41.0 Å². The van der Waals surface area contributed by atoms with Gasteiger partial charge in [-0.3, -0.25) is 4.79 Å². The largest absolute Gasteiger partial charge is 0.289 e. The third kappa shape index (κ3) is 4.19. The number of carbonyl (C=O) groups is 1. The van der Waals surface area contributed by atoms with Crippen LogP contribution in [0.3, 0.4) is 0 Å². The highest BCUT2D eigenvalue weighted by molar-refractivity contribution is 7.75. The molecule has 0 saturated carbocycles. The van der Waals surface area contributed by atoms with Gasteiger partial charge in [-0.25, -0.2) is 0 Å². The number of benzene rings is 2. The van der Waals surface area contributed by atoms with E-state index in [1.165, 1.54) is 6.07 Å². The second-order valence-corrected chi connectivity index (χ2v) is 8.59. The van der Waals surface area contributed by atoms with Gasteiger partial charge < -0.3 is 0 Å². The molecule has 7 heteroatoms. The molecule has 0 bridgehead atoms. The van der Waals surface area contributed by atoms with Crippen molar-refractivity contribution in [1.29, 1.82) is 0 Å². The minimum absolute atomic E-state index is 0.311. The number of nitrogens with zero attached hydrogens (tertiary/aromatic N) is 1. The molecule has 0 aliphatic carbocycles. The van der Waals surface area contributed by atoms with E-state index in [4.69, 9.17) is 23.2 Å². The zero-order chi connectivity index (χ0) is 16.2. The number of halogens is 2. The summed E-state index contributed by atoms with van der Waals surface area (Å²) in [5, 5.41) is 0.803. The Morgan fingerprint density at radius 2 is 1.78 bits per heavy atom. The van der Waals surface area contributed by atoms with Gasteiger partial charge in [-0.2, -0.15) is 0 Å². The molecule has 0 saturated heterocycles. The zero-order valence-electron chi connectivity index (χ0n) is 11.5. The summed E-state index contributed by atoms with van der Waals surface area (Å²) < 4.78 is 4.99. The van der Waals surface area contributed by atoms with Gasteiger partial charge in [0, 0.05) is 9.90 Å². The molecule has 3 rings (SSSR count). The smallest absolute Gasteiger partial charge is 0.266 e. The molecule has 0 aliphatic rings. The van der Waals surface area contributed by atoms with E-state index in [1.54, 1.807) is 32.8 Å². The van der Waals surface area contributed by atoms with Crippen molar-refractivity contribution in [2.75, 3.05) is 0 Å². The quantitative estimate of drug-likeness (QED) is 0.362. The Labute approximate surface area is 154 Å². The summed E-state index contributed by atoms with van der Waals surface area (Å²) in [5.41, 5.74) is 1.51. The molecule has 0 atom stereocenters. The predicted octanol–water partition coefficient (Wildman–Crippen LogP) is 6.42. The second kappa shape index (κ2) is 7.55. The Balaban J connectivity index is 1.91. The van der Waals surface area contributed by atoms with Crippen LogP contribution in [0.15, 0.2) is 59.0 Å². The van der Waals surface area contributed by atoms with E-state index < -0.39 is 0 Å². The summed E-state index contributed by atoms with van der Waals surface area (Å²) in [6.07, 6.45) is 0. The minimum Gasteiger partial charge on any atom is -0.266 e. The first kappa shape index (κ1) is 16.6. The molecule has 1 amide bonds. The molecule has 2 nitrogen and oxygen atoms in total. The van der Waals surface area contributed by atoms with E-state index in [9.17, 15) is 4.79 Å². The van der Waals surface area contributed by atoms with Crippen molar-refractivity contribution >= 4 is 60.9 Å². The van der Waals surface area contributed by atoms with E-state index in [0.717, 1.165) is 25.4 Å². The number of amides is 1. The van der Waals surface area contributed by atoms with Crippen LogP contribution >= 0.6 is 43.9 Å². The van der Waals surface area contributed by atoms with Gasteiger partial charge in [0.25, 0.3) is 5.91 Å². The fraction of sp³-hybridized carbons (Fsp3) is 0. The first-order valence-corrected chi connectivity index (χ1v) is 10.2. The Bertz CT molecular complexity index is 957. The molecule has 1 heterocycles. The molecule has 0 unspecified atom stereocenters. The molecule has 0 aliphatic heterocycles. The highest BCUT2D eigenvalue weighted by atomic mass is 35.5. The maximum Gasteiger partial charge on any atom is 0.289 e. The lowest BCUT2D eigenvalue weighted by atomic mass is 10.2. The van der Waals surface area contributed by atoms with Crippen LogP contribution in [0.5, 0.6) is 0 Å². The van der Waals surface area contributed by atoms with Gasteiger partial charge in [0.1, 0.15) is 3.82 Å². The topological polar surface area (TPSA) is 29.4 Å². The number of rotatable bonds is 2. The number of hydrogen-bond donors (Lipinski definition) is 0. The fourth-order valence-corrected chi connectivity index (χ4v) is 5.54. The van der Waals surface area contributed by atoms with Gasteiger partial charge in [0.2, 0.25) is 0 Å². The average Bonchev–Trinajstić information content (AvgIpc) is 3.02. The van der Waals surface area contributed by atoms with E-state index in [-0.39, 0.29) is 5.91 Å². The molecule has 0 N–H and O–H groups in total. The highest BCUT2D eigenvalue weighted by Gasteiger charge is 2.09.